The van der Waals surface area contributed by atoms with Crippen LogP contribution in [0.3, 0.4) is 0 Å². The molecule has 0 fully saturated rings. The molecule has 0 aliphatic rings. The predicted octanol–water partition coefficient (Wildman–Crippen LogP) is 2.86. The molecule has 21 heavy (non-hydrogen) atoms. The van der Waals surface area contributed by atoms with Gasteiger partial charge in [0, 0.05) is 31.4 Å². The first kappa shape index (κ1) is 13.6. The van der Waals surface area contributed by atoms with E-state index in [1.807, 2.05) is 13.2 Å². The van der Waals surface area contributed by atoms with Crippen molar-refractivity contribution >= 4 is 17.4 Å². The zero-order valence-electron chi connectivity index (χ0n) is 11.5. The van der Waals surface area contributed by atoms with Crippen molar-refractivity contribution < 1.29 is 4.39 Å². The van der Waals surface area contributed by atoms with Crippen LogP contribution in [-0.2, 0) is 14.1 Å². The summed E-state index contributed by atoms with van der Waals surface area (Å²) in [6, 6.07) is 4.21. The predicted molar refractivity (Wildman–Crippen MR) is 80.2 cm³/mol. The molecule has 0 bridgehead atoms. The van der Waals surface area contributed by atoms with E-state index in [4.69, 9.17) is 17.3 Å². The Hall–Kier alpha value is -2.34. The molecule has 3 aromatic rings. The van der Waals surface area contributed by atoms with Crippen LogP contribution >= 0.6 is 11.6 Å². The van der Waals surface area contributed by atoms with Crippen LogP contribution in [0.2, 0.25) is 5.02 Å². The topological polar surface area (TPSA) is 61.7 Å². The van der Waals surface area contributed by atoms with Crippen LogP contribution in [0.15, 0.2) is 30.6 Å². The number of nitrogens with two attached hydrogens (primary N) is 1. The zero-order chi connectivity index (χ0) is 15.1. The van der Waals surface area contributed by atoms with Crippen LogP contribution in [0.25, 0.3) is 22.4 Å². The summed E-state index contributed by atoms with van der Waals surface area (Å²) in [4.78, 5) is 0. The maximum atomic E-state index is 13.2. The lowest BCUT2D eigenvalue weighted by Gasteiger charge is -2.06. The highest BCUT2D eigenvalue weighted by Gasteiger charge is 2.20. The minimum absolute atomic E-state index is 0.292. The molecule has 0 unspecified atom stereocenters. The van der Waals surface area contributed by atoms with Gasteiger partial charge in [-0.1, -0.05) is 11.6 Å². The molecule has 108 valence electrons. The van der Waals surface area contributed by atoms with Crippen molar-refractivity contribution in [2.45, 2.75) is 0 Å². The lowest BCUT2D eigenvalue weighted by atomic mass is 10.0. The van der Waals surface area contributed by atoms with Gasteiger partial charge in [0.25, 0.3) is 0 Å². The largest absolute Gasteiger partial charge is 0.383 e. The fraction of sp³-hybridized carbons (Fsp3) is 0.143. The van der Waals surface area contributed by atoms with Gasteiger partial charge in [-0.05, 0) is 18.2 Å². The van der Waals surface area contributed by atoms with E-state index in [0.29, 0.717) is 27.7 Å². The average Bonchev–Trinajstić information content (AvgIpc) is 2.96. The summed E-state index contributed by atoms with van der Waals surface area (Å²) in [7, 11) is 3.57. The van der Waals surface area contributed by atoms with E-state index in [-0.39, 0.29) is 0 Å². The second-order valence-corrected chi connectivity index (χ2v) is 5.17. The monoisotopic (exact) mass is 305 g/mol. The minimum atomic E-state index is -0.394. The molecule has 0 aliphatic carbocycles. The lowest BCUT2D eigenvalue weighted by Crippen LogP contribution is -1.98. The molecule has 5 nitrogen and oxygen atoms in total. The van der Waals surface area contributed by atoms with Crippen LogP contribution in [0.4, 0.5) is 10.2 Å². The van der Waals surface area contributed by atoms with E-state index in [1.54, 1.807) is 28.7 Å². The number of halogens is 2. The Labute approximate surface area is 125 Å². The number of anilines is 1. The molecule has 0 spiro atoms. The van der Waals surface area contributed by atoms with Crippen molar-refractivity contribution in [1.82, 2.24) is 19.6 Å². The highest BCUT2D eigenvalue weighted by atomic mass is 35.5. The Morgan fingerprint density at radius 2 is 2.05 bits per heavy atom. The fourth-order valence-corrected chi connectivity index (χ4v) is 2.50. The summed E-state index contributed by atoms with van der Waals surface area (Å²) < 4.78 is 16.5. The first-order valence-corrected chi connectivity index (χ1v) is 6.62. The van der Waals surface area contributed by atoms with Crippen molar-refractivity contribution in [2.75, 3.05) is 5.73 Å². The molecule has 7 heteroatoms. The second-order valence-electron chi connectivity index (χ2n) is 4.76. The van der Waals surface area contributed by atoms with Crippen molar-refractivity contribution in [3.8, 4) is 22.4 Å². The lowest BCUT2D eigenvalue weighted by molar-refractivity contribution is 0.628. The number of aromatic nitrogens is 4. The number of nitrogen functional groups attached to an aromatic ring is 1. The number of hydrogen-bond acceptors (Lipinski definition) is 3. The number of aryl methyl sites for hydroxylation is 2. The Bertz CT molecular complexity index is 821. The standard InChI is InChI=1S/C14H13ClFN5/c1-20-7-8(6-18-20)13-12(14(17)21(2)19-13)10-4-3-9(16)5-11(10)15/h3-7H,17H2,1-2H3. The second kappa shape index (κ2) is 4.89. The van der Waals surface area contributed by atoms with Crippen molar-refractivity contribution in [2.24, 2.45) is 14.1 Å². The molecule has 0 aliphatic heterocycles. The summed E-state index contributed by atoms with van der Waals surface area (Å²) in [5, 5.41) is 8.85. The molecule has 2 heterocycles. The zero-order valence-corrected chi connectivity index (χ0v) is 12.3. The Balaban J connectivity index is 2.26. The SMILES string of the molecule is Cn1cc(-c2nn(C)c(N)c2-c2ccc(F)cc2Cl)cn1. The average molecular weight is 306 g/mol. The van der Waals surface area contributed by atoms with Crippen molar-refractivity contribution in [3.05, 3.63) is 41.4 Å². The fourth-order valence-electron chi connectivity index (χ4n) is 2.24. The molecular weight excluding hydrogens is 293 g/mol. The molecule has 0 saturated heterocycles. The van der Waals surface area contributed by atoms with E-state index in [9.17, 15) is 4.39 Å². The number of rotatable bonds is 2. The van der Waals surface area contributed by atoms with Gasteiger partial charge in [-0.2, -0.15) is 10.2 Å². The molecule has 2 N–H and O–H groups in total. The molecule has 0 amide bonds. The molecule has 0 radical (unpaired) electrons. The maximum Gasteiger partial charge on any atom is 0.129 e. The van der Waals surface area contributed by atoms with E-state index < -0.39 is 5.82 Å². The molecule has 2 aromatic heterocycles. The maximum absolute atomic E-state index is 13.2. The van der Waals surface area contributed by atoms with Crippen LogP contribution in [-0.4, -0.2) is 19.6 Å². The first-order chi connectivity index (χ1) is 9.97. The highest BCUT2D eigenvalue weighted by molar-refractivity contribution is 6.33. The van der Waals surface area contributed by atoms with Gasteiger partial charge in [-0.3, -0.25) is 9.36 Å². The third kappa shape index (κ3) is 2.27. The summed E-state index contributed by atoms with van der Waals surface area (Å²) in [6.45, 7) is 0. The van der Waals surface area contributed by atoms with E-state index >= 15 is 0 Å². The van der Waals surface area contributed by atoms with Crippen molar-refractivity contribution in [3.63, 3.8) is 0 Å². The van der Waals surface area contributed by atoms with Gasteiger partial charge in [0.1, 0.15) is 17.3 Å². The Morgan fingerprint density at radius 3 is 2.67 bits per heavy atom. The normalized spacial score (nSPS) is 11.0. The molecule has 3 rings (SSSR count). The first-order valence-electron chi connectivity index (χ1n) is 6.24. The van der Waals surface area contributed by atoms with Crippen LogP contribution in [0.1, 0.15) is 0 Å². The van der Waals surface area contributed by atoms with E-state index in [1.165, 1.54) is 12.1 Å². The summed E-state index contributed by atoms with van der Waals surface area (Å²) in [6.07, 6.45) is 3.53. The van der Waals surface area contributed by atoms with Gasteiger partial charge >= 0.3 is 0 Å². The quantitative estimate of drug-likeness (QED) is 0.792. The van der Waals surface area contributed by atoms with Crippen LogP contribution < -0.4 is 5.73 Å². The summed E-state index contributed by atoms with van der Waals surface area (Å²) >= 11 is 6.16. The van der Waals surface area contributed by atoms with Crippen LogP contribution in [0.5, 0.6) is 0 Å². The highest BCUT2D eigenvalue weighted by Crippen LogP contribution is 2.39. The third-order valence-electron chi connectivity index (χ3n) is 3.27. The number of benzene rings is 1. The smallest absolute Gasteiger partial charge is 0.129 e. The van der Waals surface area contributed by atoms with Gasteiger partial charge in [0.2, 0.25) is 0 Å². The summed E-state index contributed by atoms with van der Waals surface area (Å²) in [5.41, 5.74) is 8.91. The molecule has 0 saturated carbocycles. The van der Waals surface area contributed by atoms with Gasteiger partial charge in [-0.25, -0.2) is 4.39 Å². The van der Waals surface area contributed by atoms with E-state index in [0.717, 1.165) is 5.56 Å². The summed E-state index contributed by atoms with van der Waals surface area (Å²) in [5.74, 6) is 0.0662. The Kier molecular flexibility index (Phi) is 3.17. The number of nitrogens with zero attached hydrogens (tertiary/aromatic N) is 4. The van der Waals surface area contributed by atoms with E-state index in [2.05, 4.69) is 10.2 Å². The van der Waals surface area contributed by atoms with Crippen LogP contribution in [0, 0.1) is 5.82 Å². The molecule has 1 aromatic carbocycles. The van der Waals surface area contributed by atoms with Gasteiger partial charge in [0.05, 0.1) is 16.8 Å². The number of hydrogen-bond donors (Lipinski definition) is 1. The third-order valence-corrected chi connectivity index (χ3v) is 3.58. The molecule has 0 atom stereocenters. The van der Waals surface area contributed by atoms with Gasteiger partial charge in [0.15, 0.2) is 0 Å². The Morgan fingerprint density at radius 1 is 1.29 bits per heavy atom. The molecular formula is C14H13ClFN5. The van der Waals surface area contributed by atoms with Gasteiger partial charge < -0.3 is 5.73 Å². The minimum Gasteiger partial charge on any atom is -0.383 e. The van der Waals surface area contributed by atoms with Gasteiger partial charge in [-0.15, -0.1) is 0 Å². The van der Waals surface area contributed by atoms with Crippen molar-refractivity contribution in [1.29, 1.82) is 0 Å².